The zero-order valence-corrected chi connectivity index (χ0v) is 9.89. The fraction of sp³-hybridized carbons (Fsp3) is 1.00. The molecule has 0 amide bonds. The van der Waals surface area contributed by atoms with E-state index in [9.17, 15) is 0 Å². The summed E-state index contributed by atoms with van der Waals surface area (Å²) in [4.78, 5) is 2.62. The molecule has 0 radical (unpaired) electrons. The topological polar surface area (TPSA) is 3.24 Å². The van der Waals surface area contributed by atoms with E-state index in [1.54, 1.807) is 0 Å². The van der Waals surface area contributed by atoms with Gasteiger partial charge in [0.05, 0.1) is 0 Å². The highest BCUT2D eigenvalue weighted by molar-refractivity contribution is 7.80. The lowest BCUT2D eigenvalue weighted by atomic mass is 10.2. The molecule has 0 aromatic rings. The maximum absolute atomic E-state index is 4.34. The monoisotopic (exact) mass is 201 g/mol. The molecule has 1 unspecified atom stereocenters. The smallest absolute Gasteiger partial charge is 0.00149 e. The van der Waals surface area contributed by atoms with E-state index in [0.717, 1.165) is 17.6 Å². The van der Waals surface area contributed by atoms with Crippen molar-refractivity contribution in [1.29, 1.82) is 0 Å². The van der Waals surface area contributed by atoms with Crippen LogP contribution < -0.4 is 0 Å². The quantitative estimate of drug-likeness (QED) is 0.620. The van der Waals surface area contributed by atoms with Crippen molar-refractivity contribution in [3.05, 3.63) is 0 Å². The number of hydrogen-bond donors (Lipinski definition) is 1. The second-order valence-electron chi connectivity index (χ2n) is 4.49. The van der Waals surface area contributed by atoms with Gasteiger partial charge in [0.2, 0.25) is 0 Å². The third-order valence-corrected chi connectivity index (χ3v) is 3.26. The van der Waals surface area contributed by atoms with E-state index in [4.69, 9.17) is 0 Å². The van der Waals surface area contributed by atoms with Gasteiger partial charge in [-0.1, -0.05) is 13.8 Å². The predicted octanol–water partition coefficient (Wildman–Crippen LogP) is 2.67. The van der Waals surface area contributed by atoms with E-state index in [2.05, 4.69) is 31.4 Å². The molecule has 0 aliphatic heterocycles. The molecule has 1 fully saturated rings. The van der Waals surface area contributed by atoms with Gasteiger partial charge in [0.25, 0.3) is 0 Å². The van der Waals surface area contributed by atoms with Crippen LogP contribution in [0.15, 0.2) is 0 Å². The molecule has 0 heterocycles. The number of rotatable bonds is 7. The third-order valence-electron chi connectivity index (χ3n) is 2.63. The molecular weight excluding hydrogens is 178 g/mol. The molecule has 0 aromatic carbocycles. The summed E-state index contributed by atoms with van der Waals surface area (Å²) >= 11 is 4.34. The van der Waals surface area contributed by atoms with Gasteiger partial charge < -0.3 is 4.90 Å². The first-order chi connectivity index (χ1) is 6.26. The van der Waals surface area contributed by atoms with Crippen LogP contribution in [0.4, 0.5) is 0 Å². The van der Waals surface area contributed by atoms with Crippen LogP contribution in [-0.2, 0) is 0 Å². The van der Waals surface area contributed by atoms with Crippen molar-refractivity contribution in [2.24, 2.45) is 11.8 Å². The Kier molecular flexibility index (Phi) is 5.18. The summed E-state index contributed by atoms with van der Waals surface area (Å²) in [6, 6.07) is 0. The van der Waals surface area contributed by atoms with Crippen LogP contribution in [-0.4, -0.2) is 30.3 Å². The molecule has 1 saturated carbocycles. The summed E-state index contributed by atoms with van der Waals surface area (Å²) in [5.41, 5.74) is 0. The van der Waals surface area contributed by atoms with Gasteiger partial charge in [0, 0.05) is 13.1 Å². The first kappa shape index (κ1) is 11.4. The van der Waals surface area contributed by atoms with Crippen molar-refractivity contribution < 1.29 is 0 Å². The molecule has 13 heavy (non-hydrogen) atoms. The Morgan fingerprint density at radius 1 is 1.46 bits per heavy atom. The van der Waals surface area contributed by atoms with Crippen molar-refractivity contribution in [3.8, 4) is 0 Å². The molecule has 1 aliphatic carbocycles. The average Bonchev–Trinajstić information content (AvgIpc) is 2.88. The SMILES string of the molecule is CCCN(CC(C)CS)CC1CC1. The van der Waals surface area contributed by atoms with Crippen LogP contribution in [0.3, 0.4) is 0 Å². The minimum atomic E-state index is 0.744. The van der Waals surface area contributed by atoms with Gasteiger partial charge in [-0.3, -0.25) is 0 Å². The molecule has 1 nitrogen and oxygen atoms in total. The van der Waals surface area contributed by atoms with Crippen LogP contribution in [0.1, 0.15) is 33.1 Å². The van der Waals surface area contributed by atoms with Crippen molar-refractivity contribution in [2.45, 2.75) is 33.1 Å². The van der Waals surface area contributed by atoms with Crippen molar-refractivity contribution >= 4 is 12.6 Å². The van der Waals surface area contributed by atoms with E-state index in [1.165, 1.54) is 38.9 Å². The Morgan fingerprint density at radius 2 is 2.15 bits per heavy atom. The van der Waals surface area contributed by atoms with Gasteiger partial charge in [-0.05, 0) is 43.4 Å². The highest BCUT2D eigenvalue weighted by atomic mass is 32.1. The van der Waals surface area contributed by atoms with Crippen molar-refractivity contribution in [1.82, 2.24) is 4.90 Å². The fourth-order valence-corrected chi connectivity index (χ4v) is 1.85. The van der Waals surface area contributed by atoms with Crippen LogP contribution in [0.25, 0.3) is 0 Å². The van der Waals surface area contributed by atoms with Crippen molar-refractivity contribution in [2.75, 3.05) is 25.4 Å². The van der Waals surface area contributed by atoms with Gasteiger partial charge >= 0.3 is 0 Å². The number of hydrogen-bond acceptors (Lipinski definition) is 2. The van der Waals surface area contributed by atoms with Crippen LogP contribution in [0, 0.1) is 11.8 Å². The molecule has 2 heteroatoms. The van der Waals surface area contributed by atoms with Crippen LogP contribution >= 0.6 is 12.6 Å². The average molecular weight is 201 g/mol. The van der Waals surface area contributed by atoms with E-state index in [-0.39, 0.29) is 0 Å². The molecule has 1 rings (SSSR count). The van der Waals surface area contributed by atoms with Gasteiger partial charge in [0.15, 0.2) is 0 Å². The Balaban J connectivity index is 2.18. The van der Waals surface area contributed by atoms with E-state index < -0.39 is 0 Å². The predicted molar refractivity (Wildman–Crippen MR) is 62.5 cm³/mol. The summed E-state index contributed by atoms with van der Waals surface area (Å²) in [6.45, 7) is 8.42. The first-order valence-corrected chi connectivity index (χ1v) is 6.22. The van der Waals surface area contributed by atoms with Crippen molar-refractivity contribution in [3.63, 3.8) is 0 Å². The summed E-state index contributed by atoms with van der Waals surface area (Å²) < 4.78 is 0. The molecular formula is C11H23NS. The molecule has 1 atom stereocenters. The zero-order chi connectivity index (χ0) is 9.68. The Morgan fingerprint density at radius 3 is 2.62 bits per heavy atom. The maximum Gasteiger partial charge on any atom is 0.00149 e. The normalized spacial score (nSPS) is 19.4. The molecule has 0 saturated heterocycles. The Hall–Kier alpha value is 0.310. The lowest BCUT2D eigenvalue weighted by molar-refractivity contribution is 0.237. The summed E-state index contributed by atoms with van der Waals surface area (Å²) in [7, 11) is 0. The molecule has 0 N–H and O–H groups in total. The Labute approximate surface area is 88.3 Å². The lowest BCUT2D eigenvalue weighted by Crippen LogP contribution is -2.31. The van der Waals surface area contributed by atoms with Gasteiger partial charge in [-0.2, -0.15) is 12.6 Å². The second kappa shape index (κ2) is 5.92. The molecule has 1 aliphatic rings. The first-order valence-electron chi connectivity index (χ1n) is 5.59. The summed E-state index contributed by atoms with van der Waals surface area (Å²) in [6.07, 6.45) is 4.22. The van der Waals surface area contributed by atoms with E-state index in [0.29, 0.717) is 0 Å². The summed E-state index contributed by atoms with van der Waals surface area (Å²) in [5.74, 6) is 2.79. The maximum atomic E-state index is 4.34. The zero-order valence-electron chi connectivity index (χ0n) is 9.00. The highest BCUT2D eigenvalue weighted by Gasteiger charge is 2.24. The lowest BCUT2D eigenvalue weighted by Gasteiger charge is -2.24. The molecule has 78 valence electrons. The minimum absolute atomic E-state index is 0.744. The van der Waals surface area contributed by atoms with E-state index in [1.807, 2.05) is 0 Å². The van der Waals surface area contributed by atoms with E-state index >= 15 is 0 Å². The Bertz CT molecular complexity index is 134. The van der Waals surface area contributed by atoms with Crippen LogP contribution in [0.2, 0.25) is 0 Å². The largest absolute Gasteiger partial charge is 0.303 e. The molecule has 0 aromatic heterocycles. The molecule has 0 bridgehead atoms. The number of nitrogens with zero attached hydrogens (tertiary/aromatic N) is 1. The van der Waals surface area contributed by atoms with Crippen LogP contribution in [0.5, 0.6) is 0 Å². The standard InChI is InChI=1S/C11H23NS/c1-3-6-12(7-10(2)9-13)8-11-4-5-11/h10-11,13H,3-9H2,1-2H3. The fourth-order valence-electron chi connectivity index (χ4n) is 1.74. The summed E-state index contributed by atoms with van der Waals surface area (Å²) in [5, 5.41) is 0. The minimum Gasteiger partial charge on any atom is -0.303 e. The highest BCUT2D eigenvalue weighted by Crippen LogP contribution is 2.29. The van der Waals surface area contributed by atoms with Gasteiger partial charge in [0.1, 0.15) is 0 Å². The molecule has 0 spiro atoms. The third kappa shape index (κ3) is 4.92. The van der Waals surface area contributed by atoms with Gasteiger partial charge in [-0.25, -0.2) is 0 Å². The van der Waals surface area contributed by atoms with Gasteiger partial charge in [-0.15, -0.1) is 0 Å². The second-order valence-corrected chi connectivity index (χ2v) is 4.86. The number of thiol groups is 1.